The summed E-state index contributed by atoms with van der Waals surface area (Å²) in [6, 6.07) is 52.9. The number of fused-ring (bicyclic) bond motifs is 9. The monoisotopic (exact) mass is 633 g/mol. The predicted molar refractivity (Wildman–Crippen MR) is 199 cm³/mol. The van der Waals surface area contributed by atoms with Crippen molar-refractivity contribution in [1.29, 1.82) is 0 Å². The van der Waals surface area contributed by atoms with E-state index < -0.39 is 0 Å². The van der Waals surface area contributed by atoms with Crippen LogP contribution in [0.2, 0.25) is 0 Å². The summed E-state index contributed by atoms with van der Waals surface area (Å²) in [4.78, 5) is 2.36. The Morgan fingerprint density at radius 2 is 1.14 bits per heavy atom. The zero-order valence-corrected chi connectivity index (χ0v) is 27.2. The van der Waals surface area contributed by atoms with E-state index in [0.29, 0.717) is 0 Å². The van der Waals surface area contributed by atoms with E-state index in [1.54, 1.807) is 12.1 Å². The zero-order valence-electron chi connectivity index (χ0n) is 27.2. The molecule has 0 fully saturated rings. The second-order valence-corrected chi connectivity index (χ2v) is 13.9. The average Bonchev–Trinajstić information content (AvgIpc) is 3.74. The lowest BCUT2D eigenvalue weighted by atomic mass is 9.82. The number of para-hydroxylation sites is 1. The van der Waals surface area contributed by atoms with Crippen molar-refractivity contribution in [3.8, 4) is 22.3 Å². The Kier molecular flexibility index (Phi) is 5.90. The molecule has 0 aliphatic heterocycles. The number of furan rings is 1. The molecule has 0 radical (unpaired) electrons. The maximum atomic E-state index is 14.0. The van der Waals surface area contributed by atoms with Gasteiger partial charge in [0.15, 0.2) is 0 Å². The van der Waals surface area contributed by atoms with Crippen molar-refractivity contribution in [2.24, 2.45) is 0 Å². The van der Waals surface area contributed by atoms with E-state index in [-0.39, 0.29) is 17.2 Å². The topological polar surface area (TPSA) is 16.4 Å². The fraction of sp³-hybridized carbons (Fsp3) is 0.0870. The van der Waals surface area contributed by atoms with Crippen molar-refractivity contribution in [3.63, 3.8) is 0 Å². The highest BCUT2D eigenvalue weighted by molar-refractivity contribution is 6.06. The van der Waals surface area contributed by atoms with Gasteiger partial charge in [0.2, 0.25) is 0 Å². The summed E-state index contributed by atoms with van der Waals surface area (Å²) < 4.78 is 20.4. The summed E-state index contributed by atoms with van der Waals surface area (Å²) in [7, 11) is 0. The number of nitrogens with zero attached hydrogens (tertiary/aromatic N) is 1. The smallest absolute Gasteiger partial charge is 0.137 e. The molecule has 2 aliphatic rings. The van der Waals surface area contributed by atoms with Gasteiger partial charge in [0, 0.05) is 45.2 Å². The van der Waals surface area contributed by atoms with Crippen molar-refractivity contribution in [2.75, 3.05) is 4.90 Å². The Labute approximate surface area is 284 Å². The van der Waals surface area contributed by atoms with Gasteiger partial charge in [0.25, 0.3) is 0 Å². The molecule has 0 bridgehead atoms. The summed E-state index contributed by atoms with van der Waals surface area (Å²) in [5.41, 5.74) is 16.1. The molecule has 0 amide bonds. The molecule has 0 spiro atoms. The lowest BCUT2D eigenvalue weighted by molar-refractivity contribution is 0.627. The molecule has 8 aromatic rings. The minimum absolute atomic E-state index is 0.0421. The van der Waals surface area contributed by atoms with Gasteiger partial charge in [-0.25, -0.2) is 4.39 Å². The Bertz CT molecular complexity index is 2610. The van der Waals surface area contributed by atoms with E-state index in [4.69, 9.17) is 4.42 Å². The van der Waals surface area contributed by atoms with Gasteiger partial charge in [-0.1, -0.05) is 105 Å². The van der Waals surface area contributed by atoms with Crippen molar-refractivity contribution in [1.82, 2.24) is 0 Å². The largest absolute Gasteiger partial charge is 0.456 e. The maximum absolute atomic E-state index is 14.0. The van der Waals surface area contributed by atoms with Crippen LogP contribution in [0, 0.1) is 5.82 Å². The summed E-state index contributed by atoms with van der Waals surface area (Å²) in [5.74, 6) is -0.177. The van der Waals surface area contributed by atoms with Crippen LogP contribution in [0.5, 0.6) is 0 Å². The third kappa shape index (κ3) is 4.12. The first-order valence-corrected chi connectivity index (χ1v) is 16.9. The van der Waals surface area contributed by atoms with Crippen LogP contribution in [-0.2, 0) is 5.41 Å². The number of hydrogen-bond donors (Lipinski definition) is 0. The molecule has 7 aromatic carbocycles. The lowest BCUT2D eigenvalue weighted by Gasteiger charge is -2.28. The molecule has 1 atom stereocenters. The van der Waals surface area contributed by atoms with Crippen LogP contribution in [0.15, 0.2) is 156 Å². The fourth-order valence-corrected chi connectivity index (χ4v) is 8.48. The Morgan fingerprint density at radius 3 is 2.02 bits per heavy atom. The second kappa shape index (κ2) is 10.3. The van der Waals surface area contributed by atoms with Gasteiger partial charge < -0.3 is 9.32 Å². The summed E-state index contributed by atoms with van der Waals surface area (Å²) in [6.45, 7) is 4.66. The normalized spacial score (nSPS) is 15.2. The minimum Gasteiger partial charge on any atom is -0.456 e. The van der Waals surface area contributed by atoms with Crippen LogP contribution in [-0.4, -0.2) is 0 Å². The van der Waals surface area contributed by atoms with Crippen LogP contribution >= 0.6 is 0 Å². The summed E-state index contributed by atoms with van der Waals surface area (Å²) >= 11 is 0. The van der Waals surface area contributed by atoms with E-state index in [1.807, 2.05) is 24.3 Å². The molecule has 49 heavy (non-hydrogen) atoms. The Morgan fingerprint density at radius 1 is 0.510 bits per heavy atom. The molecule has 0 saturated carbocycles. The highest BCUT2D eigenvalue weighted by Crippen LogP contribution is 2.53. The third-order valence-corrected chi connectivity index (χ3v) is 10.8. The molecule has 0 saturated heterocycles. The molecule has 2 aliphatic carbocycles. The predicted octanol–water partition coefficient (Wildman–Crippen LogP) is 12.7. The van der Waals surface area contributed by atoms with Gasteiger partial charge in [-0.05, 0) is 105 Å². The highest BCUT2D eigenvalue weighted by Gasteiger charge is 2.36. The second-order valence-electron chi connectivity index (χ2n) is 13.9. The quantitative estimate of drug-likeness (QED) is 0.192. The number of halogens is 1. The molecule has 2 nitrogen and oxygen atoms in total. The maximum Gasteiger partial charge on any atom is 0.137 e. The van der Waals surface area contributed by atoms with Gasteiger partial charge >= 0.3 is 0 Å². The van der Waals surface area contributed by atoms with Gasteiger partial charge in [-0.2, -0.15) is 0 Å². The highest BCUT2D eigenvalue weighted by atomic mass is 19.1. The Hall–Kier alpha value is -5.93. The van der Waals surface area contributed by atoms with E-state index >= 15 is 0 Å². The van der Waals surface area contributed by atoms with Gasteiger partial charge in [0.1, 0.15) is 17.0 Å². The first-order chi connectivity index (χ1) is 24.0. The number of anilines is 3. The first kappa shape index (κ1) is 28.1. The van der Waals surface area contributed by atoms with Crippen molar-refractivity contribution >= 4 is 39.0 Å². The summed E-state index contributed by atoms with van der Waals surface area (Å²) in [6.07, 6.45) is 0. The lowest BCUT2D eigenvalue weighted by Crippen LogP contribution is -2.16. The van der Waals surface area contributed by atoms with Crippen LogP contribution in [0.25, 0.3) is 44.2 Å². The molecule has 1 heterocycles. The van der Waals surface area contributed by atoms with E-state index in [1.165, 1.54) is 44.5 Å². The number of rotatable bonds is 4. The van der Waals surface area contributed by atoms with Crippen molar-refractivity contribution in [2.45, 2.75) is 25.2 Å². The zero-order chi connectivity index (χ0) is 32.9. The minimum atomic E-state index is -0.219. The SMILES string of the molecule is CC1(C)c2ccccc2-c2ccc(N(c3ccc4c(c3)-c3ccccc3C4c3ccc(F)cc3)c3ccc4c(c3)oc3ccccc34)cc21. The first-order valence-electron chi connectivity index (χ1n) is 16.9. The molecule has 1 aromatic heterocycles. The molecule has 1 unspecified atom stereocenters. The van der Waals surface area contributed by atoms with Gasteiger partial charge in [-0.15, -0.1) is 0 Å². The molecule has 0 N–H and O–H groups in total. The average molecular weight is 634 g/mol. The van der Waals surface area contributed by atoms with Crippen LogP contribution < -0.4 is 4.90 Å². The third-order valence-electron chi connectivity index (χ3n) is 10.8. The van der Waals surface area contributed by atoms with E-state index in [2.05, 4.69) is 134 Å². The number of benzene rings is 7. The molecular formula is C46H32FNO. The van der Waals surface area contributed by atoms with Crippen LogP contribution in [0.3, 0.4) is 0 Å². The molecular weight excluding hydrogens is 602 g/mol. The fourth-order valence-electron chi connectivity index (χ4n) is 8.48. The Balaban J connectivity index is 1.18. The van der Waals surface area contributed by atoms with Crippen LogP contribution in [0.4, 0.5) is 21.5 Å². The van der Waals surface area contributed by atoms with Crippen LogP contribution in [0.1, 0.15) is 47.6 Å². The molecule has 10 rings (SSSR count). The van der Waals surface area contributed by atoms with Crippen molar-refractivity contribution < 1.29 is 8.81 Å². The standard InChI is InChI=1S/C46H32FNO/c1-46(2)41-13-7-5-10-34(41)35-22-19-31(26-42(35)46)48(32-20-23-37-36-11-6-8-14-43(36)49-44(37)27-32)30-21-24-39-40(25-30)33-9-3-4-12-38(33)45(39)28-15-17-29(47)18-16-28/h3-27,45H,1-2H3. The molecule has 234 valence electrons. The number of hydrogen-bond acceptors (Lipinski definition) is 2. The summed E-state index contributed by atoms with van der Waals surface area (Å²) in [5, 5.41) is 2.23. The molecule has 3 heteroatoms. The van der Waals surface area contributed by atoms with E-state index in [9.17, 15) is 4.39 Å². The van der Waals surface area contributed by atoms with Crippen molar-refractivity contribution in [3.05, 3.63) is 185 Å². The van der Waals surface area contributed by atoms with Gasteiger partial charge in [-0.3, -0.25) is 0 Å². The van der Waals surface area contributed by atoms with E-state index in [0.717, 1.165) is 44.6 Å². The van der Waals surface area contributed by atoms with Gasteiger partial charge in [0.05, 0.1) is 0 Å².